The number of allylic oxidation sites excluding steroid dienone is 2. The zero-order chi connectivity index (χ0) is 15.3. The number of carbonyl (C=O) groups excluding carboxylic acids is 1. The lowest BCUT2D eigenvalue weighted by Gasteiger charge is -2.26. The number of aliphatic imine (C=N–C) groups is 1. The van der Waals surface area contributed by atoms with Crippen molar-refractivity contribution in [2.45, 2.75) is 39.2 Å². The first kappa shape index (κ1) is 16.3. The topological polar surface area (TPSA) is 53.9 Å². The van der Waals surface area contributed by atoms with Crippen molar-refractivity contribution < 1.29 is 9.53 Å². The zero-order valence-corrected chi connectivity index (χ0v) is 13.3. The Hall–Kier alpha value is -1.78. The molecule has 0 saturated carbocycles. The van der Waals surface area contributed by atoms with Gasteiger partial charge in [0.05, 0.1) is 5.70 Å². The smallest absolute Gasteiger partial charge is 0.414 e. The molecule has 0 bridgehead atoms. The van der Waals surface area contributed by atoms with E-state index in [2.05, 4.69) is 10.3 Å². The number of rotatable bonds is 3. The predicted octanol–water partition coefficient (Wildman–Crippen LogP) is 2.71. The third-order valence-electron chi connectivity index (χ3n) is 2.88. The molecule has 0 radical (unpaired) electrons. The van der Waals surface area contributed by atoms with Gasteiger partial charge in [-0.3, -0.25) is 9.89 Å². The van der Waals surface area contributed by atoms with Crippen LogP contribution in [-0.4, -0.2) is 44.0 Å². The molecule has 0 aromatic rings. The highest BCUT2D eigenvalue weighted by molar-refractivity contribution is 5.84. The fraction of sp³-hybridized carbons (Fsp3) is 0.600. The highest BCUT2D eigenvalue weighted by Gasteiger charge is 2.28. The molecule has 0 heterocycles. The van der Waals surface area contributed by atoms with E-state index in [0.717, 1.165) is 29.7 Å². The Kier molecular flexibility index (Phi) is 5.36. The molecule has 0 spiro atoms. The Morgan fingerprint density at radius 2 is 2.05 bits per heavy atom. The van der Waals surface area contributed by atoms with Crippen molar-refractivity contribution in [1.29, 1.82) is 0 Å². The number of hydrogen-bond donors (Lipinski definition) is 1. The average Bonchev–Trinajstić information content (AvgIpc) is 2.70. The molecule has 0 aromatic carbocycles. The molecule has 112 valence electrons. The Morgan fingerprint density at radius 1 is 1.40 bits per heavy atom. The van der Waals surface area contributed by atoms with Gasteiger partial charge in [-0.15, -0.1) is 0 Å². The minimum absolute atomic E-state index is 0.349. The van der Waals surface area contributed by atoms with Gasteiger partial charge in [0, 0.05) is 33.6 Å². The molecular formula is C15H25N3O2. The van der Waals surface area contributed by atoms with E-state index in [1.165, 1.54) is 0 Å². The van der Waals surface area contributed by atoms with Crippen LogP contribution in [0.15, 0.2) is 28.0 Å². The van der Waals surface area contributed by atoms with Crippen molar-refractivity contribution in [1.82, 2.24) is 10.2 Å². The lowest BCUT2D eigenvalue weighted by molar-refractivity contribution is 0.0357. The maximum Gasteiger partial charge on any atom is 0.414 e. The van der Waals surface area contributed by atoms with Gasteiger partial charge >= 0.3 is 6.09 Å². The van der Waals surface area contributed by atoms with Gasteiger partial charge in [0.15, 0.2) is 0 Å². The van der Waals surface area contributed by atoms with E-state index in [1.807, 2.05) is 40.2 Å². The first-order valence-corrected chi connectivity index (χ1v) is 6.79. The molecule has 0 atom stereocenters. The molecule has 0 saturated heterocycles. The fourth-order valence-corrected chi connectivity index (χ4v) is 2.16. The Balaban J connectivity index is 3.06. The van der Waals surface area contributed by atoms with E-state index in [-0.39, 0.29) is 6.09 Å². The fourth-order valence-electron chi connectivity index (χ4n) is 2.16. The standard InChI is InChI=1S/C15H25N3O2/c1-15(2,3)20-14(19)18(6)13-11(9-16-4)7-8-12(13)10-17-5/h9-10,16H,7-8H2,1-6H3/b11-9+,17-10+. The molecule has 1 aliphatic rings. The highest BCUT2D eigenvalue weighted by Crippen LogP contribution is 2.32. The van der Waals surface area contributed by atoms with Crippen LogP contribution in [0.3, 0.4) is 0 Å². The number of nitrogens with zero attached hydrogens (tertiary/aromatic N) is 2. The summed E-state index contributed by atoms with van der Waals surface area (Å²) in [5.41, 5.74) is 2.54. The Morgan fingerprint density at radius 3 is 2.55 bits per heavy atom. The average molecular weight is 279 g/mol. The van der Waals surface area contributed by atoms with E-state index in [9.17, 15) is 4.79 Å². The largest absolute Gasteiger partial charge is 0.443 e. The lowest BCUT2D eigenvalue weighted by atomic mass is 10.2. The minimum atomic E-state index is -0.504. The van der Waals surface area contributed by atoms with Crippen molar-refractivity contribution in [3.05, 3.63) is 23.0 Å². The molecular weight excluding hydrogens is 254 g/mol. The van der Waals surface area contributed by atoms with Crippen molar-refractivity contribution in [3.63, 3.8) is 0 Å². The van der Waals surface area contributed by atoms with Gasteiger partial charge in [0.25, 0.3) is 0 Å². The van der Waals surface area contributed by atoms with Gasteiger partial charge in [-0.25, -0.2) is 4.79 Å². The molecule has 1 amide bonds. The van der Waals surface area contributed by atoms with Gasteiger partial charge in [0.1, 0.15) is 5.60 Å². The van der Waals surface area contributed by atoms with E-state index in [4.69, 9.17) is 4.74 Å². The van der Waals surface area contributed by atoms with Gasteiger partial charge in [-0.1, -0.05) is 0 Å². The molecule has 1 aliphatic carbocycles. The molecule has 5 heteroatoms. The summed E-state index contributed by atoms with van der Waals surface area (Å²) < 4.78 is 5.43. The van der Waals surface area contributed by atoms with Crippen molar-refractivity contribution >= 4 is 12.3 Å². The maximum atomic E-state index is 12.2. The van der Waals surface area contributed by atoms with E-state index in [1.54, 1.807) is 19.0 Å². The van der Waals surface area contributed by atoms with E-state index in [0.29, 0.717) is 0 Å². The van der Waals surface area contributed by atoms with Crippen LogP contribution in [0.1, 0.15) is 33.6 Å². The van der Waals surface area contributed by atoms with Gasteiger partial charge in [0.2, 0.25) is 0 Å². The molecule has 0 aromatic heterocycles. The van der Waals surface area contributed by atoms with Gasteiger partial charge in [-0.05, 0) is 44.8 Å². The van der Waals surface area contributed by atoms with Crippen LogP contribution >= 0.6 is 0 Å². The Bertz CT molecular complexity index is 456. The maximum absolute atomic E-state index is 12.2. The summed E-state index contributed by atoms with van der Waals surface area (Å²) in [4.78, 5) is 17.9. The van der Waals surface area contributed by atoms with Gasteiger partial charge in [-0.2, -0.15) is 0 Å². The molecule has 0 unspecified atom stereocenters. The van der Waals surface area contributed by atoms with Gasteiger partial charge < -0.3 is 10.1 Å². The number of carbonyl (C=O) groups is 1. The van der Waals surface area contributed by atoms with E-state index < -0.39 is 5.60 Å². The van der Waals surface area contributed by atoms with Crippen molar-refractivity contribution in [2.75, 3.05) is 21.1 Å². The third-order valence-corrected chi connectivity index (χ3v) is 2.88. The summed E-state index contributed by atoms with van der Waals surface area (Å²) >= 11 is 0. The van der Waals surface area contributed by atoms with Crippen molar-refractivity contribution in [3.8, 4) is 0 Å². The molecule has 20 heavy (non-hydrogen) atoms. The normalized spacial score (nSPS) is 18.0. The SMILES string of the molecule is C/N=C/C1=C(N(C)C(=O)OC(C)(C)C)C(=C/NC)/CC1. The number of amides is 1. The molecule has 1 rings (SSSR count). The lowest BCUT2D eigenvalue weighted by Crippen LogP contribution is -2.34. The van der Waals surface area contributed by atoms with E-state index >= 15 is 0 Å². The van der Waals surface area contributed by atoms with Crippen LogP contribution in [0.4, 0.5) is 4.79 Å². The van der Waals surface area contributed by atoms with Crippen LogP contribution in [0, 0.1) is 0 Å². The highest BCUT2D eigenvalue weighted by atomic mass is 16.6. The quantitative estimate of drug-likeness (QED) is 0.808. The molecule has 0 aliphatic heterocycles. The summed E-state index contributed by atoms with van der Waals surface area (Å²) in [7, 11) is 5.32. The summed E-state index contributed by atoms with van der Waals surface area (Å²) in [6.45, 7) is 5.58. The third kappa shape index (κ3) is 4.11. The first-order valence-electron chi connectivity index (χ1n) is 6.79. The number of hydrogen-bond acceptors (Lipinski definition) is 4. The number of ether oxygens (including phenoxy) is 1. The number of likely N-dealkylation sites (N-methyl/N-ethyl adjacent to an activating group) is 1. The molecule has 1 N–H and O–H groups in total. The summed E-state index contributed by atoms with van der Waals surface area (Å²) in [6.07, 6.45) is 5.16. The summed E-state index contributed by atoms with van der Waals surface area (Å²) in [5.74, 6) is 0. The minimum Gasteiger partial charge on any atom is -0.443 e. The van der Waals surface area contributed by atoms with Crippen molar-refractivity contribution in [2.24, 2.45) is 4.99 Å². The summed E-state index contributed by atoms with van der Waals surface area (Å²) in [6, 6.07) is 0. The summed E-state index contributed by atoms with van der Waals surface area (Å²) in [5, 5.41) is 3.02. The molecule has 5 nitrogen and oxygen atoms in total. The van der Waals surface area contributed by atoms with Crippen LogP contribution in [-0.2, 0) is 4.74 Å². The second-order valence-corrected chi connectivity index (χ2v) is 5.76. The van der Waals surface area contributed by atoms with Crippen LogP contribution < -0.4 is 5.32 Å². The van der Waals surface area contributed by atoms with Crippen LogP contribution in [0.5, 0.6) is 0 Å². The second-order valence-electron chi connectivity index (χ2n) is 5.76. The first-order chi connectivity index (χ1) is 9.30. The predicted molar refractivity (Wildman–Crippen MR) is 81.8 cm³/mol. The van der Waals surface area contributed by atoms with Crippen LogP contribution in [0.25, 0.3) is 0 Å². The Labute approximate surface area is 121 Å². The number of nitrogens with one attached hydrogen (secondary N) is 1. The molecule has 0 fully saturated rings. The zero-order valence-electron chi connectivity index (χ0n) is 13.3. The second kappa shape index (κ2) is 6.59. The van der Waals surface area contributed by atoms with Crippen LogP contribution in [0.2, 0.25) is 0 Å². The monoisotopic (exact) mass is 279 g/mol.